The summed E-state index contributed by atoms with van der Waals surface area (Å²) < 4.78 is 41.5. The first kappa shape index (κ1) is 18.1. The van der Waals surface area contributed by atoms with E-state index < -0.39 is 17.8 Å². The van der Waals surface area contributed by atoms with Crippen LogP contribution in [0.1, 0.15) is 33.0 Å². The SMILES string of the molecule is Cn1cnnc1CCc1cccc(N2Cc3c(ccnc3C(F)(F)F)C2=O)c1. The normalized spacial score (nSPS) is 13.9. The lowest BCUT2D eigenvalue weighted by Crippen LogP contribution is -2.23. The van der Waals surface area contributed by atoms with E-state index >= 15 is 0 Å². The minimum absolute atomic E-state index is 0.0480. The maximum atomic E-state index is 13.2. The molecule has 0 saturated carbocycles. The lowest BCUT2D eigenvalue weighted by atomic mass is 10.1. The number of carbonyl (C=O) groups is 1. The predicted octanol–water partition coefficient (Wildman–Crippen LogP) is 3.17. The summed E-state index contributed by atoms with van der Waals surface area (Å²) in [5.74, 6) is 0.379. The molecule has 0 fully saturated rings. The van der Waals surface area contributed by atoms with Crippen molar-refractivity contribution < 1.29 is 18.0 Å². The second-order valence-corrected chi connectivity index (χ2v) is 6.60. The summed E-state index contributed by atoms with van der Waals surface area (Å²) in [6.45, 7) is -0.149. The summed E-state index contributed by atoms with van der Waals surface area (Å²) in [5.41, 5.74) is 0.485. The molecule has 9 heteroatoms. The van der Waals surface area contributed by atoms with Crippen molar-refractivity contribution in [3.63, 3.8) is 0 Å². The van der Waals surface area contributed by atoms with Gasteiger partial charge < -0.3 is 9.47 Å². The lowest BCUT2D eigenvalue weighted by Gasteiger charge is -2.17. The fourth-order valence-corrected chi connectivity index (χ4v) is 3.35. The third-order valence-electron chi connectivity index (χ3n) is 4.78. The number of hydrogen-bond acceptors (Lipinski definition) is 4. The van der Waals surface area contributed by atoms with Crippen LogP contribution in [0.4, 0.5) is 18.9 Å². The highest BCUT2D eigenvalue weighted by molar-refractivity contribution is 6.10. The van der Waals surface area contributed by atoms with Crippen molar-refractivity contribution >= 4 is 11.6 Å². The maximum absolute atomic E-state index is 13.2. The van der Waals surface area contributed by atoms with Crippen molar-refractivity contribution in [1.29, 1.82) is 0 Å². The molecule has 4 rings (SSSR count). The van der Waals surface area contributed by atoms with Crippen LogP contribution in [-0.2, 0) is 32.6 Å². The van der Waals surface area contributed by atoms with E-state index in [4.69, 9.17) is 0 Å². The fourth-order valence-electron chi connectivity index (χ4n) is 3.35. The van der Waals surface area contributed by atoms with E-state index in [1.165, 1.54) is 11.0 Å². The summed E-state index contributed by atoms with van der Waals surface area (Å²) in [7, 11) is 1.86. The molecular weight excluding hydrogens is 371 g/mol. The minimum Gasteiger partial charge on any atom is -0.321 e. The minimum atomic E-state index is -4.60. The second kappa shape index (κ2) is 6.74. The highest BCUT2D eigenvalue weighted by Crippen LogP contribution is 2.37. The topological polar surface area (TPSA) is 63.9 Å². The number of amides is 1. The first-order chi connectivity index (χ1) is 13.3. The average molecular weight is 387 g/mol. The Morgan fingerprint density at radius 3 is 2.71 bits per heavy atom. The Bertz CT molecular complexity index is 1040. The molecular formula is C19H16F3N5O. The van der Waals surface area contributed by atoms with Gasteiger partial charge >= 0.3 is 6.18 Å². The summed E-state index contributed by atoms with van der Waals surface area (Å²) in [6, 6.07) is 8.58. The molecule has 0 radical (unpaired) electrons. The quantitative estimate of drug-likeness (QED) is 0.690. The van der Waals surface area contributed by atoms with E-state index in [2.05, 4.69) is 15.2 Å². The van der Waals surface area contributed by atoms with Crippen LogP contribution in [0.3, 0.4) is 0 Å². The lowest BCUT2D eigenvalue weighted by molar-refractivity contribution is -0.141. The molecule has 0 N–H and O–H groups in total. The largest absolute Gasteiger partial charge is 0.433 e. The number of fused-ring (bicyclic) bond motifs is 1. The number of hydrogen-bond donors (Lipinski definition) is 0. The molecule has 0 aliphatic carbocycles. The van der Waals surface area contributed by atoms with E-state index in [-0.39, 0.29) is 17.7 Å². The van der Waals surface area contributed by atoms with Crippen LogP contribution < -0.4 is 4.90 Å². The zero-order valence-electron chi connectivity index (χ0n) is 14.9. The first-order valence-electron chi connectivity index (χ1n) is 8.63. The summed E-state index contributed by atoms with van der Waals surface area (Å²) in [6.07, 6.45) is -0.612. The zero-order valence-corrected chi connectivity index (χ0v) is 14.9. The van der Waals surface area contributed by atoms with Gasteiger partial charge in [-0.3, -0.25) is 9.78 Å². The number of halogens is 3. The van der Waals surface area contributed by atoms with Crippen molar-refractivity contribution in [2.45, 2.75) is 25.6 Å². The number of pyridine rings is 1. The Kier molecular flexibility index (Phi) is 4.37. The van der Waals surface area contributed by atoms with E-state index in [1.54, 1.807) is 18.5 Å². The standard InChI is InChI=1S/C19H16F3N5O/c1-26-11-24-25-16(26)6-5-12-3-2-4-13(9-12)27-10-15-14(18(27)28)7-8-23-17(15)19(20,21)22/h2-4,7-9,11H,5-6,10H2,1H3. The van der Waals surface area contributed by atoms with Gasteiger partial charge in [0.1, 0.15) is 17.8 Å². The van der Waals surface area contributed by atoms with Gasteiger partial charge in [-0.15, -0.1) is 10.2 Å². The first-order valence-corrected chi connectivity index (χ1v) is 8.63. The van der Waals surface area contributed by atoms with Gasteiger partial charge in [-0.25, -0.2) is 0 Å². The van der Waals surface area contributed by atoms with E-state index in [0.29, 0.717) is 18.5 Å². The van der Waals surface area contributed by atoms with Gasteiger partial charge in [0, 0.05) is 36.5 Å². The molecule has 1 aromatic carbocycles. The van der Waals surface area contributed by atoms with Crippen molar-refractivity contribution in [1.82, 2.24) is 19.7 Å². The number of nitrogens with zero attached hydrogens (tertiary/aromatic N) is 5. The van der Waals surface area contributed by atoms with Crippen LogP contribution in [0.25, 0.3) is 0 Å². The van der Waals surface area contributed by atoms with Crippen molar-refractivity contribution in [3.8, 4) is 0 Å². The molecule has 3 heterocycles. The van der Waals surface area contributed by atoms with Crippen LogP contribution >= 0.6 is 0 Å². The van der Waals surface area contributed by atoms with Gasteiger partial charge in [0.05, 0.1) is 6.54 Å². The number of carbonyl (C=O) groups excluding carboxylic acids is 1. The second-order valence-electron chi connectivity index (χ2n) is 6.60. The van der Waals surface area contributed by atoms with E-state index in [9.17, 15) is 18.0 Å². The molecule has 0 saturated heterocycles. The van der Waals surface area contributed by atoms with E-state index in [1.807, 2.05) is 23.7 Å². The van der Waals surface area contributed by atoms with Crippen molar-refractivity contribution in [2.75, 3.05) is 4.90 Å². The third-order valence-corrected chi connectivity index (χ3v) is 4.78. The molecule has 1 amide bonds. The van der Waals surface area contributed by atoms with Crippen molar-refractivity contribution in [2.24, 2.45) is 7.05 Å². The number of alkyl halides is 3. The molecule has 1 aliphatic heterocycles. The monoisotopic (exact) mass is 387 g/mol. The Balaban J connectivity index is 1.58. The van der Waals surface area contributed by atoms with Gasteiger partial charge in [-0.1, -0.05) is 12.1 Å². The number of rotatable bonds is 4. The molecule has 0 atom stereocenters. The molecule has 144 valence electrons. The van der Waals surface area contributed by atoms with Crippen LogP contribution in [0.5, 0.6) is 0 Å². The zero-order chi connectivity index (χ0) is 19.9. The molecule has 0 unspecified atom stereocenters. The Hall–Kier alpha value is -3.23. The third kappa shape index (κ3) is 3.23. The van der Waals surface area contributed by atoms with Gasteiger partial charge in [0.25, 0.3) is 5.91 Å². The van der Waals surface area contributed by atoms with Gasteiger partial charge in [0.2, 0.25) is 0 Å². The van der Waals surface area contributed by atoms with E-state index in [0.717, 1.165) is 17.6 Å². The number of anilines is 1. The summed E-state index contributed by atoms with van der Waals surface area (Å²) >= 11 is 0. The maximum Gasteiger partial charge on any atom is 0.433 e. The molecule has 1 aliphatic rings. The molecule has 6 nitrogen and oxygen atoms in total. The summed E-state index contributed by atoms with van der Waals surface area (Å²) in [4.78, 5) is 17.5. The Labute approximate surface area is 158 Å². The van der Waals surface area contributed by atoms with Gasteiger partial charge in [-0.05, 0) is 30.2 Å². The van der Waals surface area contributed by atoms with Crippen LogP contribution in [0.15, 0.2) is 42.9 Å². The molecule has 0 bridgehead atoms. The molecule has 3 aromatic rings. The molecule has 28 heavy (non-hydrogen) atoms. The number of aromatic nitrogens is 4. The van der Waals surface area contributed by atoms with Crippen LogP contribution in [0.2, 0.25) is 0 Å². The van der Waals surface area contributed by atoms with Gasteiger partial charge in [0.15, 0.2) is 0 Å². The summed E-state index contributed by atoms with van der Waals surface area (Å²) in [5, 5.41) is 7.88. The van der Waals surface area contributed by atoms with Crippen LogP contribution in [0, 0.1) is 0 Å². The highest BCUT2D eigenvalue weighted by atomic mass is 19.4. The average Bonchev–Trinajstić information content (AvgIpc) is 3.22. The molecule has 0 spiro atoms. The van der Waals surface area contributed by atoms with Gasteiger partial charge in [-0.2, -0.15) is 13.2 Å². The van der Waals surface area contributed by atoms with Crippen molar-refractivity contribution in [3.05, 3.63) is 71.1 Å². The highest BCUT2D eigenvalue weighted by Gasteiger charge is 2.41. The van der Waals surface area contributed by atoms with Crippen LogP contribution in [-0.4, -0.2) is 25.7 Å². The number of benzene rings is 1. The molecule has 2 aromatic heterocycles. The Morgan fingerprint density at radius 1 is 1.18 bits per heavy atom. The fraction of sp³-hybridized carbons (Fsp3) is 0.263. The number of aryl methyl sites for hydroxylation is 3. The smallest absolute Gasteiger partial charge is 0.321 e. The Morgan fingerprint density at radius 2 is 2.00 bits per heavy atom. The predicted molar refractivity (Wildman–Crippen MR) is 94.6 cm³/mol.